The number of ether oxygens (including phenoxy) is 1. The molecule has 0 amide bonds. The van der Waals surface area contributed by atoms with E-state index in [1.165, 1.54) is 6.08 Å². The Morgan fingerprint density at radius 1 is 1.24 bits per heavy atom. The van der Waals surface area contributed by atoms with Crippen molar-refractivity contribution >= 4 is 11.9 Å². The third-order valence-corrected chi connectivity index (χ3v) is 3.09. The van der Waals surface area contributed by atoms with Crippen molar-refractivity contribution in [2.45, 2.75) is 44.6 Å². The molecule has 4 heteroatoms. The minimum Gasteiger partial charge on any atom is -0.481 e. The number of hydrogen-bond donors (Lipinski definition) is 1. The molecule has 0 saturated carbocycles. The monoisotopic (exact) mass is 290 g/mol. The molecule has 0 fully saturated rings. The highest BCUT2D eigenvalue weighted by Gasteiger charge is 2.42. The maximum atomic E-state index is 12.1. The van der Waals surface area contributed by atoms with Gasteiger partial charge in [-0.05, 0) is 32.8 Å². The number of esters is 1. The zero-order valence-electron chi connectivity index (χ0n) is 12.8. The van der Waals surface area contributed by atoms with Gasteiger partial charge in [0.15, 0.2) is 0 Å². The van der Waals surface area contributed by atoms with E-state index < -0.39 is 23.0 Å². The zero-order chi connectivity index (χ0) is 16.1. The predicted molar refractivity (Wildman–Crippen MR) is 81.0 cm³/mol. The van der Waals surface area contributed by atoms with Gasteiger partial charge in [-0.25, -0.2) is 0 Å². The SMILES string of the molecule is C=CCC(CC(=O)OC(C)(C)C)(C(=O)O)c1ccccc1. The number of carboxylic acid groups (broad SMARTS) is 1. The molecule has 1 rings (SSSR count). The van der Waals surface area contributed by atoms with Crippen LogP contribution in [0, 0.1) is 0 Å². The average Bonchev–Trinajstić information content (AvgIpc) is 2.36. The number of carbonyl (C=O) groups is 2. The Morgan fingerprint density at radius 2 is 1.81 bits per heavy atom. The van der Waals surface area contributed by atoms with Crippen LogP contribution in [-0.2, 0) is 19.7 Å². The van der Waals surface area contributed by atoms with Gasteiger partial charge in [-0.3, -0.25) is 9.59 Å². The third-order valence-electron chi connectivity index (χ3n) is 3.09. The molecule has 0 spiro atoms. The topological polar surface area (TPSA) is 63.6 Å². The quantitative estimate of drug-likeness (QED) is 0.645. The molecule has 0 radical (unpaired) electrons. The van der Waals surface area contributed by atoms with Crippen LogP contribution < -0.4 is 0 Å². The summed E-state index contributed by atoms with van der Waals surface area (Å²) < 4.78 is 5.27. The van der Waals surface area contributed by atoms with Crippen LogP contribution in [0.2, 0.25) is 0 Å². The van der Waals surface area contributed by atoms with Gasteiger partial charge in [0, 0.05) is 0 Å². The maximum absolute atomic E-state index is 12.1. The second-order valence-corrected chi connectivity index (χ2v) is 6.01. The van der Waals surface area contributed by atoms with Gasteiger partial charge in [0.05, 0.1) is 6.42 Å². The molecule has 0 bridgehead atoms. The molecule has 1 unspecified atom stereocenters. The van der Waals surface area contributed by atoms with Crippen molar-refractivity contribution < 1.29 is 19.4 Å². The van der Waals surface area contributed by atoms with E-state index in [0.717, 1.165) is 0 Å². The Labute approximate surface area is 125 Å². The summed E-state index contributed by atoms with van der Waals surface area (Å²) in [6.45, 7) is 8.88. The van der Waals surface area contributed by atoms with Gasteiger partial charge in [-0.2, -0.15) is 0 Å². The van der Waals surface area contributed by atoms with Gasteiger partial charge in [-0.1, -0.05) is 36.4 Å². The number of benzene rings is 1. The van der Waals surface area contributed by atoms with Crippen LogP contribution in [0.3, 0.4) is 0 Å². The fourth-order valence-corrected chi connectivity index (χ4v) is 2.21. The summed E-state index contributed by atoms with van der Waals surface area (Å²) in [5.74, 6) is -1.59. The van der Waals surface area contributed by atoms with E-state index in [4.69, 9.17) is 4.74 Å². The van der Waals surface area contributed by atoms with E-state index in [9.17, 15) is 14.7 Å². The van der Waals surface area contributed by atoms with Crippen LogP contribution in [-0.4, -0.2) is 22.6 Å². The molecule has 0 aromatic heterocycles. The summed E-state index contributed by atoms with van der Waals surface area (Å²) in [6, 6.07) is 8.73. The Balaban J connectivity index is 3.16. The van der Waals surface area contributed by atoms with E-state index in [-0.39, 0.29) is 12.8 Å². The first-order valence-electron chi connectivity index (χ1n) is 6.83. The minimum atomic E-state index is -1.34. The number of allylic oxidation sites excluding steroid dienone is 1. The molecule has 0 heterocycles. The van der Waals surface area contributed by atoms with E-state index in [1.807, 2.05) is 0 Å². The highest BCUT2D eigenvalue weighted by Crippen LogP contribution is 2.33. The highest BCUT2D eigenvalue weighted by molar-refractivity contribution is 5.88. The van der Waals surface area contributed by atoms with Gasteiger partial charge >= 0.3 is 11.9 Å². The molecule has 1 aromatic rings. The van der Waals surface area contributed by atoms with E-state index >= 15 is 0 Å². The molecule has 1 N–H and O–H groups in total. The first-order valence-corrected chi connectivity index (χ1v) is 6.83. The van der Waals surface area contributed by atoms with Crippen molar-refractivity contribution in [1.82, 2.24) is 0 Å². The van der Waals surface area contributed by atoms with E-state index in [0.29, 0.717) is 5.56 Å². The molecule has 1 aromatic carbocycles. The maximum Gasteiger partial charge on any atom is 0.315 e. The molecule has 4 nitrogen and oxygen atoms in total. The molecule has 21 heavy (non-hydrogen) atoms. The fraction of sp³-hybridized carbons (Fsp3) is 0.412. The molecular formula is C17H22O4. The molecule has 114 valence electrons. The summed E-state index contributed by atoms with van der Waals surface area (Å²) >= 11 is 0. The van der Waals surface area contributed by atoms with Crippen LogP contribution in [0.25, 0.3) is 0 Å². The normalized spacial score (nSPS) is 14.0. The molecule has 0 saturated heterocycles. The Kier molecular flexibility index (Phi) is 5.30. The van der Waals surface area contributed by atoms with Gasteiger partial charge in [0.1, 0.15) is 11.0 Å². The van der Waals surface area contributed by atoms with Crippen molar-refractivity contribution in [2.75, 3.05) is 0 Å². The summed E-state index contributed by atoms with van der Waals surface area (Å²) in [4.78, 5) is 24.0. The Hall–Kier alpha value is -2.10. The molecule has 0 aliphatic rings. The van der Waals surface area contributed by atoms with Crippen molar-refractivity contribution in [3.63, 3.8) is 0 Å². The summed E-state index contributed by atoms with van der Waals surface area (Å²) in [7, 11) is 0. The lowest BCUT2D eigenvalue weighted by Gasteiger charge is -2.29. The second kappa shape index (κ2) is 6.57. The number of carbonyl (C=O) groups excluding carboxylic acids is 1. The largest absolute Gasteiger partial charge is 0.481 e. The molecule has 0 aliphatic heterocycles. The third kappa shape index (κ3) is 4.45. The molecule has 0 aliphatic carbocycles. The van der Waals surface area contributed by atoms with Crippen LogP contribution >= 0.6 is 0 Å². The summed E-state index contributed by atoms with van der Waals surface area (Å²) in [5, 5.41) is 9.70. The van der Waals surface area contributed by atoms with Crippen LogP contribution in [0.1, 0.15) is 39.2 Å². The predicted octanol–water partition coefficient (Wildman–Crippen LogP) is 3.32. The average molecular weight is 290 g/mol. The van der Waals surface area contributed by atoms with E-state index in [2.05, 4.69) is 6.58 Å². The Bertz CT molecular complexity index is 513. The Morgan fingerprint density at radius 3 is 2.24 bits per heavy atom. The fourth-order valence-electron chi connectivity index (χ4n) is 2.21. The number of carboxylic acids is 1. The van der Waals surface area contributed by atoms with Crippen molar-refractivity contribution in [3.05, 3.63) is 48.6 Å². The van der Waals surface area contributed by atoms with Gasteiger partial charge in [0.25, 0.3) is 0 Å². The van der Waals surface area contributed by atoms with Crippen molar-refractivity contribution in [1.29, 1.82) is 0 Å². The zero-order valence-corrected chi connectivity index (χ0v) is 12.8. The van der Waals surface area contributed by atoms with Gasteiger partial charge in [0.2, 0.25) is 0 Å². The number of rotatable bonds is 6. The lowest BCUT2D eigenvalue weighted by molar-refractivity contribution is -0.161. The van der Waals surface area contributed by atoms with Crippen molar-refractivity contribution in [2.24, 2.45) is 0 Å². The van der Waals surface area contributed by atoms with E-state index in [1.54, 1.807) is 51.1 Å². The van der Waals surface area contributed by atoms with Crippen LogP contribution in [0.4, 0.5) is 0 Å². The van der Waals surface area contributed by atoms with Crippen LogP contribution in [0.5, 0.6) is 0 Å². The van der Waals surface area contributed by atoms with Crippen molar-refractivity contribution in [3.8, 4) is 0 Å². The minimum absolute atomic E-state index is 0.158. The molecular weight excluding hydrogens is 268 g/mol. The molecule has 1 atom stereocenters. The first-order chi connectivity index (χ1) is 9.71. The number of aliphatic carboxylic acids is 1. The van der Waals surface area contributed by atoms with Crippen LogP contribution in [0.15, 0.2) is 43.0 Å². The number of hydrogen-bond acceptors (Lipinski definition) is 3. The summed E-state index contributed by atoms with van der Waals surface area (Å²) in [6.07, 6.45) is 1.45. The lowest BCUT2D eigenvalue weighted by Crippen LogP contribution is -2.39. The van der Waals surface area contributed by atoms with Gasteiger partial charge in [-0.15, -0.1) is 6.58 Å². The van der Waals surface area contributed by atoms with Gasteiger partial charge < -0.3 is 9.84 Å². The smallest absolute Gasteiger partial charge is 0.315 e. The highest BCUT2D eigenvalue weighted by atomic mass is 16.6. The summed E-state index contributed by atoms with van der Waals surface area (Å²) in [5.41, 5.74) is -1.42. The second-order valence-electron chi connectivity index (χ2n) is 6.01. The lowest BCUT2D eigenvalue weighted by atomic mass is 9.75. The first kappa shape index (κ1) is 17.0. The standard InChI is InChI=1S/C17H22O4/c1-5-11-17(15(19)20,13-9-7-6-8-10-13)12-14(18)21-16(2,3)4/h5-10H,1,11-12H2,2-4H3,(H,19,20).